The number of benzene rings is 2. The zero-order valence-electron chi connectivity index (χ0n) is 13.0. The van der Waals surface area contributed by atoms with Gasteiger partial charge in [-0.1, -0.05) is 28.1 Å². The first-order valence-electron chi connectivity index (χ1n) is 7.04. The Morgan fingerprint density at radius 2 is 1.83 bits per heavy atom. The van der Waals surface area contributed by atoms with Gasteiger partial charge in [-0.2, -0.15) is 13.2 Å². The number of aryl methyl sites for hydroxylation is 2. The molecule has 3 nitrogen and oxygen atoms in total. The second-order valence-electron chi connectivity index (χ2n) is 5.25. The molecule has 0 spiro atoms. The summed E-state index contributed by atoms with van der Waals surface area (Å²) in [5.41, 5.74) is 0.561. The normalized spacial score (nSPS) is 11.2. The Balaban J connectivity index is 2.06. The molecule has 24 heavy (non-hydrogen) atoms. The molecule has 0 unspecified atom stereocenters. The van der Waals surface area contributed by atoms with E-state index in [0.717, 1.165) is 21.7 Å². The van der Waals surface area contributed by atoms with Crippen LogP contribution in [0.15, 0.2) is 40.9 Å². The van der Waals surface area contributed by atoms with Crippen molar-refractivity contribution in [3.8, 4) is 5.75 Å². The van der Waals surface area contributed by atoms with E-state index in [9.17, 15) is 18.0 Å². The van der Waals surface area contributed by atoms with Gasteiger partial charge >= 0.3 is 6.18 Å². The van der Waals surface area contributed by atoms with Crippen LogP contribution in [0.2, 0.25) is 0 Å². The smallest absolute Gasteiger partial charge is 0.418 e. The minimum absolute atomic E-state index is 0.290. The van der Waals surface area contributed by atoms with Crippen LogP contribution < -0.4 is 10.1 Å². The van der Waals surface area contributed by atoms with Gasteiger partial charge in [0, 0.05) is 4.47 Å². The van der Waals surface area contributed by atoms with E-state index in [1.54, 1.807) is 6.07 Å². The van der Waals surface area contributed by atoms with Crippen LogP contribution in [0.25, 0.3) is 0 Å². The third-order valence-electron chi connectivity index (χ3n) is 3.32. The summed E-state index contributed by atoms with van der Waals surface area (Å²) in [6.45, 7) is 3.31. The average Bonchev–Trinajstić information content (AvgIpc) is 2.49. The monoisotopic (exact) mass is 401 g/mol. The predicted molar refractivity (Wildman–Crippen MR) is 89.2 cm³/mol. The predicted octanol–water partition coefficient (Wildman–Crippen LogP) is 5.10. The van der Waals surface area contributed by atoms with Crippen molar-refractivity contribution < 1.29 is 22.7 Å². The van der Waals surface area contributed by atoms with E-state index in [2.05, 4.69) is 21.2 Å². The lowest BCUT2D eigenvalue weighted by molar-refractivity contribution is -0.137. The van der Waals surface area contributed by atoms with Crippen molar-refractivity contribution in [2.24, 2.45) is 0 Å². The minimum Gasteiger partial charge on any atom is -0.483 e. The molecule has 0 aliphatic heterocycles. The van der Waals surface area contributed by atoms with Crippen LogP contribution in [-0.2, 0) is 11.0 Å². The summed E-state index contributed by atoms with van der Waals surface area (Å²) in [5.74, 6) is -0.151. The highest BCUT2D eigenvalue weighted by Gasteiger charge is 2.33. The maximum atomic E-state index is 12.9. The Labute approximate surface area is 146 Å². The molecule has 0 bridgehead atoms. The third kappa shape index (κ3) is 4.50. The molecule has 2 aromatic carbocycles. The summed E-state index contributed by atoms with van der Waals surface area (Å²) in [5, 5.41) is 2.24. The molecule has 128 valence electrons. The van der Waals surface area contributed by atoms with Crippen LogP contribution in [0, 0.1) is 13.8 Å². The zero-order chi connectivity index (χ0) is 17.9. The van der Waals surface area contributed by atoms with Crippen molar-refractivity contribution in [2.45, 2.75) is 20.0 Å². The summed E-state index contributed by atoms with van der Waals surface area (Å²) in [6, 6.07) is 8.42. The van der Waals surface area contributed by atoms with Gasteiger partial charge in [-0.3, -0.25) is 4.79 Å². The first kappa shape index (κ1) is 18.3. The lowest BCUT2D eigenvalue weighted by Crippen LogP contribution is -2.22. The summed E-state index contributed by atoms with van der Waals surface area (Å²) in [6.07, 6.45) is -4.54. The number of ether oxygens (including phenoxy) is 1. The van der Waals surface area contributed by atoms with Gasteiger partial charge in [-0.15, -0.1) is 0 Å². The number of hydrogen-bond donors (Lipinski definition) is 1. The van der Waals surface area contributed by atoms with E-state index < -0.39 is 17.6 Å². The highest BCUT2D eigenvalue weighted by Crippen LogP contribution is 2.34. The molecule has 0 aromatic heterocycles. The Morgan fingerprint density at radius 3 is 2.50 bits per heavy atom. The maximum absolute atomic E-state index is 12.9. The molecule has 0 saturated heterocycles. The second kappa shape index (κ2) is 7.25. The van der Waals surface area contributed by atoms with Crippen molar-refractivity contribution in [3.63, 3.8) is 0 Å². The van der Waals surface area contributed by atoms with Crippen LogP contribution >= 0.6 is 15.9 Å². The highest BCUT2D eigenvalue weighted by molar-refractivity contribution is 9.10. The Kier molecular flexibility index (Phi) is 5.54. The molecular weight excluding hydrogens is 387 g/mol. The van der Waals surface area contributed by atoms with Gasteiger partial charge in [0.15, 0.2) is 6.61 Å². The number of para-hydroxylation sites is 1. The number of anilines is 1. The topological polar surface area (TPSA) is 38.3 Å². The van der Waals surface area contributed by atoms with Crippen LogP contribution in [0.1, 0.15) is 16.7 Å². The standard InChI is InChI=1S/C17H15BrF3NO2/c1-10-8-15(11(2)7-13(10)18)24-9-16(23)22-14-6-4-3-5-12(14)17(19,20)21/h3-8H,9H2,1-2H3,(H,22,23). The van der Waals surface area contributed by atoms with Crippen molar-refractivity contribution in [3.05, 3.63) is 57.6 Å². The van der Waals surface area contributed by atoms with Crippen molar-refractivity contribution >= 4 is 27.5 Å². The Hall–Kier alpha value is -2.02. The number of nitrogens with one attached hydrogen (secondary N) is 1. The molecular formula is C17H15BrF3NO2. The summed E-state index contributed by atoms with van der Waals surface area (Å²) in [7, 11) is 0. The molecule has 2 aromatic rings. The van der Waals surface area contributed by atoms with Gasteiger partial charge in [0.1, 0.15) is 5.75 Å². The Morgan fingerprint density at radius 1 is 1.17 bits per heavy atom. The summed E-state index contributed by atoms with van der Waals surface area (Å²) >= 11 is 3.39. The lowest BCUT2D eigenvalue weighted by atomic mass is 10.1. The van der Waals surface area contributed by atoms with Crippen molar-refractivity contribution in [1.29, 1.82) is 0 Å². The number of hydrogen-bond acceptors (Lipinski definition) is 2. The number of carbonyl (C=O) groups excluding carboxylic acids is 1. The van der Waals surface area contributed by atoms with Crippen molar-refractivity contribution in [2.75, 3.05) is 11.9 Å². The van der Waals surface area contributed by atoms with Gasteiger partial charge < -0.3 is 10.1 Å². The fourth-order valence-electron chi connectivity index (χ4n) is 2.08. The number of alkyl halides is 3. The van der Waals surface area contributed by atoms with Gasteiger partial charge in [-0.25, -0.2) is 0 Å². The van der Waals surface area contributed by atoms with Crippen molar-refractivity contribution in [1.82, 2.24) is 0 Å². The molecule has 0 atom stereocenters. The SMILES string of the molecule is Cc1cc(OCC(=O)Nc2ccccc2C(F)(F)F)c(C)cc1Br. The van der Waals surface area contributed by atoms with Gasteiger partial charge in [0.2, 0.25) is 0 Å². The van der Waals surface area contributed by atoms with E-state index in [0.29, 0.717) is 5.75 Å². The van der Waals surface area contributed by atoms with Crippen LogP contribution in [0.5, 0.6) is 5.75 Å². The van der Waals surface area contributed by atoms with Gasteiger partial charge in [-0.05, 0) is 49.2 Å². The molecule has 7 heteroatoms. The molecule has 0 aliphatic rings. The summed E-state index contributed by atoms with van der Waals surface area (Å²) in [4.78, 5) is 11.9. The van der Waals surface area contributed by atoms with Crippen LogP contribution in [0.4, 0.5) is 18.9 Å². The third-order valence-corrected chi connectivity index (χ3v) is 4.18. The maximum Gasteiger partial charge on any atom is 0.418 e. The largest absolute Gasteiger partial charge is 0.483 e. The fourth-order valence-corrected chi connectivity index (χ4v) is 2.54. The number of amides is 1. The molecule has 0 aliphatic carbocycles. The summed E-state index contributed by atoms with van der Waals surface area (Å²) < 4.78 is 45.0. The van der Waals surface area contributed by atoms with Crippen LogP contribution in [0.3, 0.4) is 0 Å². The van der Waals surface area contributed by atoms with E-state index in [1.807, 2.05) is 19.9 Å². The number of rotatable bonds is 4. The molecule has 1 amide bonds. The molecule has 2 rings (SSSR count). The quantitative estimate of drug-likeness (QED) is 0.773. The number of carbonyl (C=O) groups is 1. The van der Waals surface area contributed by atoms with E-state index in [1.165, 1.54) is 18.2 Å². The first-order chi connectivity index (χ1) is 11.2. The van der Waals surface area contributed by atoms with Gasteiger partial charge in [0.05, 0.1) is 11.3 Å². The molecule has 0 fully saturated rings. The fraction of sp³-hybridized carbons (Fsp3) is 0.235. The first-order valence-corrected chi connectivity index (χ1v) is 7.83. The molecule has 0 radical (unpaired) electrons. The lowest BCUT2D eigenvalue weighted by Gasteiger charge is -2.14. The number of halogens is 4. The average molecular weight is 402 g/mol. The van der Waals surface area contributed by atoms with E-state index >= 15 is 0 Å². The van der Waals surface area contributed by atoms with E-state index in [4.69, 9.17) is 4.74 Å². The Bertz CT molecular complexity index is 760. The molecule has 0 saturated carbocycles. The molecule has 1 N–H and O–H groups in total. The van der Waals surface area contributed by atoms with E-state index in [-0.39, 0.29) is 12.3 Å². The molecule has 0 heterocycles. The highest BCUT2D eigenvalue weighted by atomic mass is 79.9. The van der Waals surface area contributed by atoms with Crippen LogP contribution in [-0.4, -0.2) is 12.5 Å². The van der Waals surface area contributed by atoms with Gasteiger partial charge in [0.25, 0.3) is 5.91 Å². The second-order valence-corrected chi connectivity index (χ2v) is 6.10. The zero-order valence-corrected chi connectivity index (χ0v) is 14.6. The minimum atomic E-state index is -4.54.